The first-order valence-corrected chi connectivity index (χ1v) is 7.34. The molecule has 0 aliphatic rings. The van der Waals surface area contributed by atoms with E-state index in [-0.39, 0.29) is 11.5 Å². The van der Waals surface area contributed by atoms with Gasteiger partial charge in [-0.1, -0.05) is 44.0 Å². The number of hydrogen-bond donors (Lipinski definition) is 1. The zero-order valence-electron chi connectivity index (χ0n) is 12.1. The molecule has 1 unspecified atom stereocenters. The van der Waals surface area contributed by atoms with E-state index in [2.05, 4.69) is 26.1 Å². The number of nitrogens with one attached hydrogen (secondary N) is 1. The van der Waals surface area contributed by atoms with Gasteiger partial charge in [-0.2, -0.15) is 0 Å². The van der Waals surface area contributed by atoms with E-state index in [0.29, 0.717) is 15.8 Å². The van der Waals surface area contributed by atoms with Crippen LogP contribution in [0.5, 0.6) is 5.75 Å². The van der Waals surface area contributed by atoms with Crippen LogP contribution in [0.15, 0.2) is 18.2 Å². The molecule has 0 saturated carbocycles. The maximum absolute atomic E-state index is 6.15. The fourth-order valence-corrected chi connectivity index (χ4v) is 2.39. The summed E-state index contributed by atoms with van der Waals surface area (Å²) in [4.78, 5) is 0. The van der Waals surface area contributed by atoms with Crippen LogP contribution in [-0.2, 0) is 0 Å². The Hall–Kier alpha value is -0.440. The Morgan fingerprint density at radius 2 is 1.95 bits per heavy atom. The molecule has 4 heteroatoms. The van der Waals surface area contributed by atoms with E-state index >= 15 is 0 Å². The summed E-state index contributed by atoms with van der Waals surface area (Å²) in [6.07, 6.45) is 2.08. The van der Waals surface area contributed by atoms with Crippen LogP contribution < -0.4 is 10.1 Å². The van der Waals surface area contributed by atoms with Crippen molar-refractivity contribution < 1.29 is 4.74 Å². The van der Waals surface area contributed by atoms with Crippen molar-refractivity contribution in [2.24, 2.45) is 5.41 Å². The summed E-state index contributed by atoms with van der Waals surface area (Å²) in [6.45, 7) is 7.57. The third-order valence-corrected chi connectivity index (χ3v) is 3.27. The minimum atomic E-state index is 0.145. The Morgan fingerprint density at radius 3 is 2.47 bits per heavy atom. The highest BCUT2D eigenvalue weighted by Crippen LogP contribution is 2.31. The second kappa shape index (κ2) is 7.37. The van der Waals surface area contributed by atoms with E-state index in [1.54, 1.807) is 12.1 Å². The van der Waals surface area contributed by atoms with Crippen molar-refractivity contribution in [2.45, 2.75) is 39.7 Å². The number of rotatable bonds is 6. The zero-order chi connectivity index (χ0) is 14.5. The molecule has 0 spiro atoms. The molecule has 0 radical (unpaired) electrons. The third kappa shape index (κ3) is 6.51. The Morgan fingerprint density at radius 1 is 1.26 bits per heavy atom. The average molecular weight is 304 g/mol. The van der Waals surface area contributed by atoms with Gasteiger partial charge in [0, 0.05) is 5.02 Å². The summed E-state index contributed by atoms with van der Waals surface area (Å²) in [5.74, 6) is 0.705. The molecule has 19 heavy (non-hydrogen) atoms. The van der Waals surface area contributed by atoms with Crippen LogP contribution in [0.25, 0.3) is 0 Å². The van der Waals surface area contributed by atoms with Gasteiger partial charge in [-0.15, -0.1) is 0 Å². The normalized spacial score (nSPS) is 13.4. The molecule has 0 aromatic heterocycles. The van der Waals surface area contributed by atoms with E-state index in [4.69, 9.17) is 27.9 Å². The van der Waals surface area contributed by atoms with Gasteiger partial charge in [-0.25, -0.2) is 0 Å². The van der Waals surface area contributed by atoms with Crippen LogP contribution >= 0.6 is 23.2 Å². The van der Waals surface area contributed by atoms with Gasteiger partial charge >= 0.3 is 0 Å². The first-order chi connectivity index (χ1) is 8.81. The minimum absolute atomic E-state index is 0.145. The lowest BCUT2D eigenvalue weighted by Crippen LogP contribution is -2.27. The molecule has 1 aromatic rings. The Balaban J connectivity index is 2.75. The molecule has 0 saturated heterocycles. The van der Waals surface area contributed by atoms with E-state index < -0.39 is 0 Å². The lowest BCUT2D eigenvalue weighted by atomic mass is 9.88. The fraction of sp³-hybridized carbons (Fsp3) is 0.600. The van der Waals surface area contributed by atoms with Gasteiger partial charge in [-0.05, 0) is 50.0 Å². The highest BCUT2D eigenvalue weighted by atomic mass is 35.5. The molecule has 0 aliphatic carbocycles. The summed E-state index contributed by atoms with van der Waals surface area (Å²) in [5.41, 5.74) is 0.220. The second-order valence-corrected chi connectivity index (χ2v) is 6.82. The molecule has 0 bridgehead atoms. The van der Waals surface area contributed by atoms with Crippen molar-refractivity contribution in [1.82, 2.24) is 5.32 Å². The van der Waals surface area contributed by atoms with Gasteiger partial charge in [0.15, 0.2) is 0 Å². The Labute approximate surface area is 126 Å². The maximum atomic E-state index is 6.15. The Kier molecular flexibility index (Phi) is 6.45. The molecule has 0 aliphatic heterocycles. The molecular formula is C15H23Cl2NO. The molecule has 1 rings (SSSR count). The SMILES string of the molecule is CNCCC(CC(C)(C)C)Oc1ccc(Cl)cc1Cl. The van der Waals surface area contributed by atoms with Gasteiger partial charge in [0.1, 0.15) is 11.9 Å². The number of halogens is 2. The highest BCUT2D eigenvalue weighted by Gasteiger charge is 2.20. The largest absolute Gasteiger partial charge is 0.489 e. The Bertz CT molecular complexity index is 402. The average Bonchev–Trinajstić information content (AvgIpc) is 2.27. The summed E-state index contributed by atoms with van der Waals surface area (Å²) in [7, 11) is 1.95. The summed E-state index contributed by atoms with van der Waals surface area (Å²) in [6, 6.07) is 5.35. The van der Waals surface area contributed by atoms with Crippen molar-refractivity contribution in [3.05, 3.63) is 28.2 Å². The molecule has 1 aromatic carbocycles. The fourth-order valence-electron chi connectivity index (χ4n) is 1.94. The van der Waals surface area contributed by atoms with Crippen molar-refractivity contribution in [2.75, 3.05) is 13.6 Å². The van der Waals surface area contributed by atoms with Crippen molar-refractivity contribution >= 4 is 23.2 Å². The van der Waals surface area contributed by atoms with Crippen LogP contribution in [-0.4, -0.2) is 19.7 Å². The predicted octanol–water partition coefficient (Wildman–Crippen LogP) is 4.79. The molecule has 108 valence electrons. The molecule has 0 heterocycles. The minimum Gasteiger partial charge on any atom is -0.489 e. The summed E-state index contributed by atoms with van der Waals surface area (Å²) < 4.78 is 6.05. The first-order valence-electron chi connectivity index (χ1n) is 6.58. The predicted molar refractivity (Wildman–Crippen MR) is 83.5 cm³/mol. The third-order valence-electron chi connectivity index (χ3n) is 2.74. The smallest absolute Gasteiger partial charge is 0.138 e. The van der Waals surface area contributed by atoms with E-state index in [1.165, 1.54) is 0 Å². The monoisotopic (exact) mass is 303 g/mol. The molecule has 2 nitrogen and oxygen atoms in total. The number of benzene rings is 1. The van der Waals surface area contributed by atoms with Crippen molar-refractivity contribution in [1.29, 1.82) is 0 Å². The number of ether oxygens (including phenoxy) is 1. The van der Waals surface area contributed by atoms with Gasteiger partial charge in [0.2, 0.25) is 0 Å². The van der Waals surface area contributed by atoms with Crippen LogP contribution in [0.3, 0.4) is 0 Å². The maximum Gasteiger partial charge on any atom is 0.138 e. The summed E-state index contributed by atoms with van der Waals surface area (Å²) in [5, 5.41) is 4.35. The lowest BCUT2D eigenvalue weighted by molar-refractivity contribution is 0.136. The quantitative estimate of drug-likeness (QED) is 0.816. The van der Waals surface area contributed by atoms with E-state index in [1.807, 2.05) is 13.1 Å². The summed E-state index contributed by atoms with van der Waals surface area (Å²) >= 11 is 12.0. The van der Waals surface area contributed by atoms with Gasteiger partial charge < -0.3 is 10.1 Å². The lowest BCUT2D eigenvalue weighted by Gasteiger charge is -2.27. The zero-order valence-corrected chi connectivity index (χ0v) is 13.6. The standard InChI is InChI=1S/C15H23Cl2NO/c1-15(2,3)10-12(7-8-18-4)19-14-6-5-11(16)9-13(14)17/h5-6,9,12,18H,7-8,10H2,1-4H3. The molecule has 0 fully saturated rings. The van der Waals surface area contributed by atoms with Crippen LogP contribution in [0.2, 0.25) is 10.0 Å². The highest BCUT2D eigenvalue weighted by molar-refractivity contribution is 6.35. The molecule has 1 atom stereocenters. The first kappa shape index (κ1) is 16.6. The van der Waals surface area contributed by atoms with Gasteiger partial charge in [0.25, 0.3) is 0 Å². The van der Waals surface area contributed by atoms with Crippen LogP contribution in [0.4, 0.5) is 0 Å². The topological polar surface area (TPSA) is 21.3 Å². The number of hydrogen-bond acceptors (Lipinski definition) is 2. The van der Waals surface area contributed by atoms with E-state index in [9.17, 15) is 0 Å². The van der Waals surface area contributed by atoms with Crippen LogP contribution in [0, 0.1) is 5.41 Å². The van der Waals surface area contributed by atoms with Crippen molar-refractivity contribution in [3.63, 3.8) is 0 Å². The molecular weight excluding hydrogens is 281 g/mol. The molecule has 0 amide bonds. The van der Waals surface area contributed by atoms with Crippen molar-refractivity contribution in [3.8, 4) is 5.75 Å². The van der Waals surface area contributed by atoms with E-state index in [0.717, 1.165) is 19.4 Å². The second-order valence-electron chi connectivity index (χ2n) is 5.97. The van der Waals surface area contributed by atoms with Crippen LogP contribution in [0.1, 0.15) is 33.6 Å². The molecule has 1 N–H and O–H groups in total. The van der Waals surface area contributed by atoms with Gasteiger partial charge in [0.05, 0.1) is 5.02 Å². The van der Waals surface area contributed by atoms with Gasteiger partial charge in [-0.3, -0.25) is 0 Å².